The van der Waals surface area contributed by atoms with E-state index in [4.69, 9.17) is 16.3 Å². The van der Waals surface area contributed by atoms with Crippen molar-refractivity contribution in [2.75, 3.05) is 26.2 Å². The van der Waals surface area contributed by atoms with E-state index in [9.17, 15) is 33.0 Å². The van der Waals surface area contributed by atoms with Gasteiger partial charge in [0.05, 0.1) is 17.6 Å². The minimum atomic E-state index is -4.58. The van der Waals surface area contributed by atoms with Gasteiger partial charge in [-0.1, -0.05) is 23.7 Å². The molecule has 34 heavy (non-hydrogen) atoms. The van der Waals surface area contributed by atoms with Gasteiger partial charge in [0, 0.05) is 19.6 Å². The maximum atomic E-state index is 12.9. The largest absolute Gasteiger partial charge is 0.502 e. The van der Waals surface area contributed by atoms with Crippen molar-refractivity contribution in [1.82, 2.24) is 19.4 Å². The van der Waals surface area contributed by atoms with Crippen molar-refractivity contribution >= 4 is 17.5 Å². The summed E-state index contributed by atoms with van der Waals surface area (Å²) >= 11 is 6.05. The lowest BCUT2D eigenvalue weighted by atomic mass is 10.1. The Labute approximate surface area is 196 Å². The summed E-state index contributed by atoms with van der Waals surface area (Å²) in [4.78, 5) is 31.4. The molecular formula is C21H22ClF3N4O5. The van der Waals surface area contributed by atoms with Crippen LogP contribution in [0.3, 0.4) is 0 Å². The zero-order chi connectivity index (χ0) is 24.6. The molecular weight excluding hydrogens is 481 g/mol. The molecule has 0 spiro atoms. The normalized spacial score (nSPS) is 20.9. The Kier molecular flexibility index (Phi) is 6.74. The third-order valence-electron chi connectivity index (χ3n) is 5.87. The molecule has 0 aliphatic carbocycles. The Morgan fingerprint density at radius 3 is 2.68 bits per heavy atom. The van der Waals surface area contributed by atoms with Crippen LogP contribution >= 0.6 is 11.6 Å². The van der Waals surface area contributed by atoms with Crippen molar-refractivity contribution in [2.45, 2.75) is 37.8 Å². The molecule has 13 heteroatoms. The first kappa shape index (κ1) is 24.3. The van der Waals surface area contributed by atoms with Crippen LogP contribution in [0.25, 0.3) is 0 Å². The molecule has 0 radical (unpaired) electrons. The summed E-state index contributed by atoms with van der Waals surface area (Å²) in [5, 5.41) is 21.1. The molecule has 0 bridgehead atoms. The van der Waals surface area contributed by atoms with Gasteiger partial charge in [-0.25, -0.2) is 0 Å². The van der Waals surface area contributed by atoms with Crippen molar-refractivity contribution in [3.05, 3.63) is 51.2 Å². The number of aliphatic hydroxyl groups excluding tert-OH is 1. The lowest BCUT2D eigenvalue weighted by Crippen LogP contribution is -2.46. The van der Waals surface area contributed by atoms with E-state index in [1.54, 1.807) is 24.3 Å². The maximum Gasteiger partial charge on any atom is 0.401 e. The first-order valence-electron chi connectivity index (χ1n) is 10.6. The molecule has 1 fully saturated rings. The SMILES string of the molecule is O=C(COc1ccccc1Cl)N1CCCC1c1nc(=O)c(O)c2n1CCN(CC(F)(F)F)C2O. The standard InChI is InChI=1S/C21H22ClF3N4O5/c22-12-4-1-2-6-14(12)34-10-15(30)28-7-3-5-13(28)18-26-19(32)17(31)16-20(33)27(8-9-29(16)18)11-21(23,24)25/h1-2,4,6,13,20,31,33H,3,5,7-11H2. The lowest BCUT2D eigenvalue weighted by molar-refractivity contribution is -0.172. The zero-order valence-electron chi connectivity index (χ0n) is 17.8. The molecule has 9 nitrogen and oxygen atoms in total. The minimum Gasteiger partial charge on any atom is -0.502 e. The van der Waals surface area contributed by atoms with Gasteiger partial charge in [-0.15, -0.1) is 0 Å². The number of ether oxygens (including phenoxy) is 1. The van der Waals surface area contributed by atoms with Crippen LogP contribution in [-0.4, -0.2) is 67.9 Å². The zero-order valence-corrected chi connectivity index (χ0v) is 18.6. The molecule has 2 aliphatic rings. The van der Waals surface area contributed by atoms with Crippen molar-refractivity contribution in [1.29, 1.82) is 0 Å². The summed E-state index contributed by atoms with van der Waals surface area (Å²) in [6.07, 6.45) is -5.40. The number of likely N-dealkylation sites (tertiary alicyclic amines) is 1. The van der Waals surface area contributed by atoms with Crippen molar-refractivity contribution in [2.24, 2.45) is 0 Å². The van der Waals surface area contributed by atoms with Crippen LogP contribution in [0.15, 0.2) is 29.1 Å². The predicted octanol–water partition coefficient (Wildman–Crippen LogP) is 2.21. The Bertz CT molecular complexity index is 1140. The van der Waals surface area contributed by atoms with E-state index in [1.807, 2.05) is 0 Å². The second-order valence-corrected chi connectivity index (χ2v) is 8.49. The Hall–Kier alpha value is -2.83. The average Bonchev–Trinajstić information content (AvgIpc) is 3.26. The van der Waals surface area contributed by atoms with E-state index in [-0.39, 0.29) is 31.2 Å². The highest BCUT2D eigenvalue weighted by Gasteiger charge is 2.41. The topological polar surface area (TPSA) is 108 Å². The van der Waals surface area contributed by atoms with Crippen LogP contribution in [0.2, 0.25) is 5.02 Å². The molecule has 2 aliphatic heterocycles. The van der Waals surface area contributed by atoms with Crippen LogP contribution in [0, 0.1) is 0 Å². The fraction of sp³-hybridized carbons (Fsp3) is 0.476. The quantitative estimate of drug-likeness (QED) is 0.645. The van der Waals surface area contributed by atoms with Crippen LogP contribution < -0.4 is 10.3 Å². The van der Waals surface area contributed by atoms with Crippen molar-refractivity contribution in [3.63, 3.8) is 0 Å². The number of halogens is 4. The second-order valence-electron chi connectivity index (χ2n) is 8.08. The van der Waals surface area contributed by atoms with Gasteiger partial charge in [-0.3, -0.25) is 14.5 Å². The number of rotatable bonds is 5. The number of carbonyl (C=O) groups excluding carboxylic acids is 1. The van der Waals surface area contributed by atoms with Gasteiger partial charge >= 0.3 is 11.7 Å². The highest BCUT2D eigenvalue weighted by Crippen LogP contribution is 2.36. The van der Waals surface area contributed by atoms with Crippen LogP contribution in [-0.2, 0) is 11.3 Å². The first-order valence-corrected chi connectivity index (χ1v) is 10.9. The van der Waals surface area contributed by atoms with E-state index < -0.39 is 42.2 Å². The predicted molar refractivity (Wildman–Crippen MR) is 113 cm³/mol. The van der Waals surface area contributed by atoms with Gasteiger partial charge in [0.1, 0.15) is 17.3 Å². The monoisotopic (exact) mass is 502 g/mol. The summed E-state index contributed by atoms with van der Waals surface area (Å²) in [5.41, 5.74) is -1.45. The summed E-state index contributed by atoms with van der Waals surface area (Å²) in [6.45, 7) is -1.64. The number of hydrogen-bond acceptors (Lipinski definition) is 7. The van der Waals surface area contributed by atoms with Crippen molar-refractivity contribution in [3.8, 4) is 11.5 Å². The number of para-hydroxylation sites is 1. The Balaban J connectivity index is 1.60. The van der Waals surface area contributed by atoms with Gasteiger partial charge in [0.15, 0.2) is 12.8 Å². The third kappa shape index (κ3) is 4.84. The molecule has 2 unspecified atom stereocenters. The van der Waals surface area contributed by atoms with Gasteiger partial charge in [0.2, 0.25) is 5.75 Å². The highest BCUT2D eigenvalue weighted by atomic mass is 35.5. The van der Waals surface area contributed by atoms with Crippen LogP contribution in [0.5, 0.6) is 11.5 Å². The Morgan fingerprint density at radius 2 is 1.97 bits per heavy atom. The lowest BCUT2D eigenvalue weighted by Gasteiger charge is -2.37. The summed E-state index contributed by atoms with van der Waals surface area (Å²) in [6, 6.07) is 5.98. The molecule has 3 heterocycles. The molecule has 1 saturated heterocycles. The molecule has 2 aromatic rings. The molecule has 1 aromatic heterocycles. The molecule has 4 rings (SSSR count). The van der Waals surface area contributed by atoms with E-state index in [1.165, 1.54) is 9.47 Å². The number of fused-ring (bicyclic) bond motifs is 1. The smallest absolute Gasteiger partial charge is 0.401 e. The Morgan fingerprint density at radius 1 is 1.24 bits per heavy atom. The molecule has 1 aromatic carbocycles. The number of benzene rings is 1. The summed E-state index contributed by atoms with van der Waals surface area (Å²) in [7, 11) is 0. The minimum absolute atomic E-state index is 0.0622. The van der Waals surface area contributed by atoms with Gasteiger partial charge in [-0.2, -0.15) is 18.2 Å². The summed E-state index contributed by atoms with van der Waals surface area (Å²) in [5.74, 6) is -0.875. The summed E-state index contributed by atoms with van der Waals surface area (Å²) < 4.78 is 45.5. The number of hydrogen-bond donors (Lipinski definition) is 2. The molecule has 2 N–H and O–H groups in total. The van der Waals surface area contributed by atoms with Gasteiger partial charge < -0.3 is 24.4 Å². The first-order chi connectivity index (χ1) is 16.1. The van der Waals surface area contributed by atoms with Crippen LogP contribution in [0.4, 0.5) is 13.2 Å². The number of aromatic hydroxyl groups is 1. The number of alkyl halides is 3. The van der Waals surface area contributed by atoms with E-state index >= 15 is 0 Å². The van der Waals surface area contributed by atoms with E-state index in [0.717, 1.165) is 0 Å². The molecule has 2 atom stereocenters. The fourth-order valence-corrected chi connectivity index (χ4v) is 4.56. The van der Waals surface area contributed by atoms with Crippen molar-refractivity contribution < 1.29 is 32.9 Å². The number of aromatic nitrogens is 2. The fourth-order valence-electron chi connectivity index (χ4n) is 4.37. The molecule has 1 amide bonds. The highest BCUT2D eigenvalue weighted by molar-refractivity contribution is 6.32. The second kappa shape index (κ2) is 9.43. The number of nitrogens with zero attached hydrogens (tertiary/aromatic N) is 4. The van der Waals surface area contributed by atoms with Crippen LogP contribution in [0.1, 0.15) is 36.6 Å². The average molecular weight is 503 g/mol. The van der Waals surface area contributed by atoms with E-state index in [2.05, 4.69) is 4.98 Å². The third-order valence-corrected chi connectivity index (χ3v) is 6.18. The van der Waals surface area contributed by atoms with Gasteiger partial charge in [0.25, 0.3) is 5.91 Å². The molecule has 184 valence electrons. The van der Waals surface area contributed by atoms with E-state index in [0.29, 0.717) is 35.1 Å². The number of aliphatic hydroxyl groups is 1. The number of amides is 1. The number of carbonyl (C=O) groups is 1. The molecule has 0 saturated carbocycles. The maximum absolute atomic E-state index is 12.9. The van der Waals surface area contributed by atoms with Gasteiger partial charge in [-0.05, 0) is 25.0 Å².